The molecule has 2 aromatic rings. The first kappa shape index (κ1) is 16.0. The molecule has 3 nitrogen and oxygen atoms in total. The van der Waals surface area contributed by atoms with E-state index in [1.807, 2.05) is 50.2 Å². The molecule has 0 spiro atoms. The predicted octanol–water partition coefficient (Wildman–Crippen LogP) is 5.18. The van der Waals surface area contributed by atoms with Gasteiger partial charge in [0.2, 0.25) is 0 Å². The third-order valence-electron chi connectivity index (χ3n) is 2.92. The standard InChI is InChI=1S/C17H22NO2P/c1-3-19-21(20-4-2)17(15-11-7-5-8-12-15)18-16-13-9-6-10-14-16/h5-14,17-18H,3-4H2,1-2H3/t17-/m1/s1. The Morgan fingerprint density at radius 2 is 1.38 bits per heavy atom. The van der Waals surface area contributed by atoms with Gasteiger partial charge in [-0.25, -0.2) is 0 Å². The van der Waals surface area contributed by atoms with E-state index in [1.54, 1.807) is 0 Å². The van der Waals surface area contributed by atoms with Crippen molar-refractivity contribution in [3.05, 3.63) is 66.2 Å². The lowest BCUT2D eigenvalue weighted by Gasteiger charge is -2.27. The molecule has 2 rings (SSSR count). The summed E-state index contributed by atoms with van der Waals surface area (Å²) in [5.74, 6) is 0.0171. The van der Waals surface area contributed by atoms with Gasteiger partial charge in [-0.05, 0) is 31.5 Å². The van der Waals surface area contributed by atoms with Crippen LogP contribution in [0, 0.1) is 0 Å². The van der Waals surface area contributed by atoms with Crippen molar-refractivity contribution in [1.82, 2.24) is 0 Å². The smallest absolute Gasteiger partial charge is 0.199 e. The summed E-state index contributed by atoms with van der Waals surface area (Å²) in [5.41, 5.74) is 2.24. The van der Waals surface area contributed by atoms with Crippen LogP contribution in [0.15, 0.2) is 60.7 Å². The number of nitrogens with one attached hydrogen (secondary N) is 1. The van der Waals surface area contributed by atoms with Crippen LogP contribution in [-0.2, 0) is 9.05 Å². The Hall–Kier alpha value is -1.41. The fourth-order valence-electron chi connectivity index (χ4n) is 2.03. The number of anilines is 1. The highest BCUT2D eigenvalue weighted by Crippen LogP contribution is 2.52. The number of para-hydroxylation sites is 1. The minimum Gasteiger partial charge on any atom is -0.370 e. The summed E-state index contributed by atoms with van der Waals surface area (Å²) in [4.78, 5) is 0. The molecule has 0 aromatic heterocycles. The monoisotopic (exact) mass is 303 g/mol. The fraction of sp³-hybridized carbons (Fsp3) is 0.294. The maximum atomic E-state index is 5.85. The van der Waals surface area contributed by atoms with Gasteiger partial charge < -0.3 is 14.4 Å². The zero-order valence-electron chi connectivity index (χ0n) is 12.5. The number of benzene rings is 2. The first-order valence-electron chi connectivity index (χ1n) is 7.26. The topological polar surface area (TPSA) is 30.5 Å². The van der Waals surface area contributed by atoms with Gasteiger partial charge in [0.15, 0.2) is 8.38 Å². The van der Waals surface area contributed by atoms with Gasteiger partial charge in [-0.1, -0.05) is 48.5 Å². The van der Waals surface area contributed by atoms with Crippen molar-refractivity contribution in [3.8, 4) is 0 Å². The Morgan fingerprint density at radius 1 is 0.857 bits per heavy atom. The quantitative estimate of drug-likeness (QED) is 0.681. The molecule has 0 saturated carbocycles. The van der Waals surface area contributed by atoms with E-state index in [0.717, 1.165) is 5.69 Å². The molecule has 112 valence electrons. The Kier molecular flexibility index (Phi) is 6.68. The number of hydrogen-bond acceptors (Lipinski definition) is 3. The van der Waals surface area contributed by atoms with Crippen molar-refractivity contribution >= 4 is 14.1 Å². The maximum Gasteiger partial charge on any atom is 0.199 e. The highest BCUT2D eigenvalue weighted by atomic mass is 31.2. The Balaban J connectivity index is 2.24. The summed E-state index contributed by atoms with van der Waals surface area (Å²) in [6, 6.07) is 20.5. The van der Waals surface area contributed by atoms with Crippen LogP contribution in [-0.4, -0.2) is 13.2 Å². The summed E-state index contributed by atoms with van der Waals surface area (Å²) in [6.07, 6.45) is 0. The van der Waals surface area contributed by atoms with Crippen molar-refractivity contribution in [1.29, 1.82) is 0 Å². The predicted molar refractivity (Wildman–Crippen MR) is 89.4 cm³/mol. The molecule has 0 aliphatic carbocycles. The van der Waals surface area contributed by atoms with Gasteiger partial charge in [-0.15, -0.1) is 0 Å². The van der Waals surface area contributed by atoms with E-state index >= 15 is 0 Å². The van der Waals surface area contributed by atoms with E-state index in [4.69, 9.17) is 9.05 Å². The molecular formula is C17H22NO2P. The van der Waals surface area contributed by atoms with Crippen LogP contribution in [0.3, 0.4) is 0 Å². The maximum absolute atomic E-state index is 5.85. The van der Waals surface area contributed by atoms with Crippen molar-refractivity contribution in [3.63, 3.8) is 0 Å². The minimum atomic E-state index is -1.04. The van der Waals surface area contributed by atoms with Gasteiger partial charge in [-0.2, -0.15) is 0 Å². The minimum absolute atomic E-state index is 0.0171. The van der Waals surface area contributed by atoms with Crippen LogP contribution in [0.25, 0.3) is 0 Å². The van der Waals surface area contributed by atoms with E-state index < -0.39 is 8.38 Å². The zero-order valence-corrected chi connectivity index (χ0v) is 13.4. The second-order valence-electron chi connectivity index (χ2n) is 4.44. The first-order valence-corrected chi connectivity index (χ1v) is 8.51. The van der Waals surface area contributed by atoms with Gasteiger partial charge in [0.05, 0.1) is 13.2 Å². The third-order valence-corrected chi connectivity index (χ3v) is 4.79. The SMILES string of the molecule is CCOP(OCC)[C@@H](Nc1ccccc1)c1ccccc1. The molecule has 0 aliphatic rings. The molecule has 2 aromatic carbocycles. The fourth-order valence-corrected chi connectivity index (χ4v) is 3.58. The summed E-state index contributed by atoms with van der Waals surface area (Å²) in [7, 11) is -1.04. The molecule has 0 saturated heterocycles. The van der Waals surface area contributed by atoms with Crippen molar-refractivity contribution in [2.24, 2.45) is 0 Å². The molecule has 0 unspecified atom stereocenters. The van der Waals surface area contributed by atoms with Crippen molar-refractivity contribution in [2.75, 3.05) is 18.5 Å². The Labute approximate surface area is 128 Å². The van der Waals surface area contributed by atoms with Crippen LogP contribution in [0.2, 0.25) is 0 Å². The average Bonchev–Trinajstić information content (AvgIpc) is 2.54. The van der Waals surface area contributed by atoms with E-state index in [9.17, 15) is 0 Å². The summed E-state index contributed by atoms with van der Waals surface area (Å²) >= 11 is 0. The zero-order chi connectivity index (χ0) is 14.9. The summed E-state index contributed by atoms with van der Waals surface area (Å²) in [6.45, 7) is 5.29. The lowest BCUT2D eigenvalue weighted by atomic mass is 10.2. The highest BCUT2D eigenvalue weighted by molar-refractivity contribution is 7.47. The largest absolute Gasteiger partial charge is 0.370 e. The van der Waals surface area contributed by atoms with Crippen LogP contribution in [0.1, 0.15) is 25.2 Å². The van der Waals surface area contributed by atoms with Gasteiger partial charge in [0.25, 0.3) is 0 Å². The van der Waals surface area contributed by atoms with E-state index in [2.05, 4.69) is 29.6 Å². The highest BCUT2D eigenvalue weighted by Gasteiger charge is 2.25. The van der Waals surface area contributed by atoms with Crippen LogP contribution in [0.5, 0.6) is 0 Å². The van der Waals surface area contributed by atoms with Crippen LogP contribution < -0.4 is 5.32 Å². The molecule has 0 amide bonds. The van der Waals surface area contributed by atoms with E-state index in [0.29, 0.717) is 13.2 Å². The first-order chi connectivity index (χ1) is 10.3. The van der Waals surface area contributed by atoms with Crippen LogP contribution in [0.4, 0.5) is 5.69 Å². The molecule has 0 heterocycles. The van der Waals surface area contributed by atoms with Gasteiger partial charge in [0.1, 0.15) is 5.78 Å². The van der Waals surface area contributed by atoms with Gasteiger partial charge in [0, 0.05) is 5.69 Å². The van der Waals surface area contributed by atoms with Crippen molar-refractivity contribution in [2.45, 2.75) is 19.6 Å². The molecule has 0 radical (unpaired) electrons. The molecule has 1 N–H and O–H groups in total. The summed E-state index contributed by atoms with van der Waals surface area (Å²) in [5, 5.41) is 3.54. The third kappa shape index (κ3) is 4.82. The Morgan fingerprint density at radius 3 is 1.90 bits per heavy atom. The molecule has 0 aliphatic heterocycles. The second kappa shape index (κ2) is 8.78. The summed E-state index contributed by atoms with van der Waals surface area (Å²) < 4.78 is 11.7. The average molecular weight is 303 g/mol. The van der Waals surface area contributed by atoms with Gasteiger partial charge >= 0.3 is 0 Å². The molecule has 21 heavy (non-hydrogen) atoms. The molecular weight excluding hydrogens is 281 g/mol. The van der Waals surface area contributed by atoms with Crippen LogP contribution >= 0.6 is 8.38 Å². The van der Waals surface area contributed by atoms with Crippen molar-refractivity contribution < 1.29 is 9.05 Å². The molecule has 0 bridgehead atoms. The van der Waals surface area contributed by atoms with E-state index in [-0.39, 0.29) is 5.78 Å². The lowest BCUT2D eigenvalue weighted by Crippen LogP contribution is -2.12. The second-order valence-corrected chi connectivity index (χ2v) is 6.05. The number of hydrogen-bond donors (Lipinski definition) is 1. The molecule has 0 fully saturated rings. The Bertz CT molecular complexity index is 501. The normalized spacial score (nSPS) is 12.3. The van der Waals surface area contributed by atoms with E-state index in [1.165, 1.54) is 5.56 Å². The lowest BCUT2D eigenvalue weighted by molar-refractivity contribution is 0.264. The number of rotatable bonds is 8. The molecule has 4 heteroatoms. The van der Waals surface area contributed by atoms with Gasteiger partial charge in [-0.3, -0.25) is 0 Å². The molecule has 1 atom stereocenters.